The van der Waals surface area contributed by atoms with E-state index < -0.39 is 35.2 Å². The fourth-order valence-corrected chi connectivity index (χ4v) is 10.3. The van der Waals surface area contributed by atoms with Gasteiger partial charge in [0.25, 0.3) is 0 Å². The number of allylic oxidation sites excluding steroid dienone is 4. The Labute approximate surface area is 290 Å². The molecule has 266 valence electrons. The molecule has 1 unspecified atom stereocenters. The highest BCUT2D eigenvalue weighted by Gasteiger charge is 2.55. The number of hydrogen-bond acceptors (Lipinski definition) is 6. The fourth-order valence-electron chi connectivity index (χ4n) is 8.08. The van der Waals surface area contributed by atoms with Crippen LogP contribution in [0.4, 0.5) is 0 Å². The fraction of sp³-hybridized carbons (Fsp3) is 0.744. The third-order valence-electron chi connectivity index (χ3n) is 10.8. The lowest BCUT2D eigenvalue weighted by Crippen LogP contribution is -2.58. The normalized spacial score (nSPS) is 31.7. The van der Waals surface area contributed by atoms with Gasteiger partial charge in [0, 0.05) is 17.8 Å². The maximum Gasteiger partial charge on any atom is 0.334 e. The van der Waals surface area contributed by atoms with E-state index in [4.69, 9.17) is 18.3 Å². The van der Waals surface area contributed by atoms with Crippen LogP contribution in [0, 0.1) is 39.9 Å². The monoisotopic (exact) mass is 686 g/mol. The van der Waals surface area contributed by atoms with Gasteiger partial charge in [0.2, 0.25) is 0 Å². The van der Waals surface area contributed by atoms with Gasteiger partial charge in [-0.3, -0.25) is 4.79 Å². The Balaban J connectivity index is 2.06. The zero-order chi connectivity index (χ0) is 35.5. The van der Waals surface area contributed by atoms with Crippen molar-refractivity contribution in [1.29, 1.82) is 0 Å². The van der Waals surface area contributed by atoms with Crippen molar-refractivity contribution in [2.45, 2.75) is 144 Å². The number of carbonyl (C=O) groups is 2. The van der Waals surface area contributed by atoms with Gasteiger partial charge in [-0.15, -0.1) is 13.2 Å². The number of carbonyl (C=O) groups excluding carboxylic acids is 2. The molecule has 3 rings (SSSR count). The minimum Gasteiger partial charge on any atom is -0.461 e. The topological polar surface area (TPSA) is 71.1 Å². The van der Waals surface area contributed by atoms with Crippen molar-refractivity contribution in [3.63, 3.8) is 0 Å². The standard InChI is InChI=1S/C39H66O6Si2/c1-15-20-38(10,21-16-2)35(41)43-31-24-28(36(4,5)6)23-27-18-17-26(3)39(32(27)31,45-47(13)14)22-19-29-25-30(37(7,8)9)33(34(40)42-29)44-46(11)12/h15-18,23,26,28-33,46-47H,1-2,19-22,24-25H2,3-14H3/t26-,28+,29+,30-,31-,32+,33?,39-/m0/s1. The summed E-state index contributed by atoms with van der Waals surface area (Å²) in [5.41, 5.74) is -0.236. The molecule has 1 heterocycles. The Kier molecular flexibility index (Phi) is 13.0. The second-order valence-electron chi connectivity index (χ2n) is 17.5. The molecule has 0 aromatic heterocycles. The van der Waals surface area contributed by atoms with Crippen molar-refractivity contribution in [2.24, 2.45) is 39.9 Å². The molecule has 6 nitrogen and oxygen atoms in total. The van der Waals surface area contributed by atoms with E-state index in [2.05, 4.69) is 106 Å². The third kappa shape index (κ3) is 9.28. The Hall–Kier alpha value is -1.75. The molecule has 0 N–H and O–H groups in total. The van der Waals surface area contributed by atoms with E-state index in [1.807, 2.05) is 6.92 Å². The summed E-state index contributed by atoms with van der Waals surface area (Å²) < 4.78 is 26.3. The van der Waals surface area contributed by atoms with Gasteiger partial charge in [0.15, 0.2) is 18.1 Å². The molecular weight excluding hydrogens is 621 g/mol. The van der Waals surface area contributed by atoms with Crippen LogP contribution < -0.4 is 0 Å². The van der Waals surface area contributed by atoms with Crippen LogP contribution in [0.5, 0.6) is 0 Å². The average Bonchev–Trinajstić information content (AvgIpc) is 2.93. The predicted octanol–water partition coefficient (Wildman–Crippen LogP) is 8.74. The molecule has 0 amide bonds. The van der Waals surface area contributed by atoms with Crippen molar-refractivity contribution < 1.29 is 27.9 Å². The van der Waals surface area contributed by atoms with Gasteiger partial charge in [0.05, 0.1) is 11.0 Å². The van der Waals surface area contributed by atoms with Crippen molar-refractivity contribution in [1.82, 2.24) is 0 Å². The lowest BCUT2D eigenvalue weighted by molar-refractivity contribution is -0.180. The molecular formula is C39H66O6Si2. The van der Waals surface area contributed by atoms with Crippen LogP contribution in [0.3, 0.4) is 0 Å². The average molecular weight is 687 g/mol. The van der Waals surface area contributed by atoms with Crippen molar-refractivity contribution >= 4 is 30.0 Å². The van der Waals surface area contributed by atoms with Gasteiger partial charge in [-0.25, -0.2) is 4.79 Å². The Bertz CT molecular complexity index is 1180. The summed E-state index contributed by atoms with van der Waals surface area (Å²) >= 11 is 0. The highest BCUT2D eigenvalue weighted by molar-refractivity contribution is 6.48. The molecule has 2 aliphatic carbocycles. The Morgan fingerprint density at radius 2 is 1.62 bits per heavy atom. The van der Waals surface area contributed by atoms with E-state index in [1.54, 1.807) is 12.2 Å². The molecule has 1 aliphatic heterocycles. The first-order chi connectivity index (χ1) is 21.7. The van der Waals surface area contributed by atoms with E-state index in [1.165, 1.54) is 5.57 Å². The molecule has 3 aliphatic rings. The first-order valence-electron chi connectivity index (χ1n) is 18.0. The molecule has 47 heavy (non-hydrogen) atoms. The van der Waals surface area contributed by atoms with Crippen LogP contribution in [0.1, 0.15) is 93.9 Å². The first-order valence-corrected chi connectivity index (χ1v) is 23.6. The number of cyclic esters (lactones) is 1. The third-order valence-corrected chi connectivity index (χ3v) is 12.5. The van der Waals surface area contributed by atoms with Gasteiger partial charge in [0.1, 0.15) is 18.3 Å². The first kappa shape index (κ1) is 39.7. The largest absolute Gasteiger partial charge is 0.461 e. The zero-order valence-electron chi connectivity index (χ0n) is 31.7. The summed E-state index contributed by atoms with van der Waals surface area (Å²) in [6, 6.07) is 0. The molecule has 0 spiro atoms. The van der Waals surface area contributed by atoms with Gasteiger partial charge in [-0.05, 0) is 94.0 Å². The summed E-state index contributed by atoms with van der Waals surface area (Å²) in [7, 11) is -3.04. The van der Waals surface area contributed by atoms with Crippen LogP contribution in [0.15, 0.2) is 49.1 Å². The van der Waals surface area contributed by atoms with E-state index >= 15 is 0 Å². The summed E-state index contributed by atoms with van der Waals surface area (Å²) in [4.78, 5) is 27.5. The van der Waals surface area contributed by atoms with Crippen molar-refractivity contribution in [3.05, 3.63) is 49.1 Å². The number of rotatable bonds is 13. The molecule has 0 radical (unpaired) electrons. The van der Waals surface area contributed by atoms with Crippen LogP contribution in [-0.2, 0) is 27.9 Å². The molecule has 0 aromatic rings. The van der Waals surface area contributed by atoms with E-state index in [9.17, 15) is 9.59 Å². The highest BCUT2D eigenvalue weighted by atomic mass is 28.3. The maximum absolute atomic E-state index is 14.1. The molecule has 0 bridgehead atoms. The van der Waals surface area contributed by atoms with Crippen molar-refractivity contribution in [3.8, 4) is 0 Å². The lowest BCUT2D eigenvalue weighted by Gasteiger charge is -2.54. The number of esters is 2. The smallest absolute Gasteiger partial charge is 0.334 e. The molecule has 8 atom stereocenters. The molecule has 0 aromatic carbocycles. The summed E-state index contributed by atoms with van der Waals surface area (Å²) in [6.45, 7) is 34.1. The van der Waals surface area contributed by atoms with Crippen LogP contribution in [-0.4, -0.2) is 53.9 Å². The molecule has 1 saturated heterocycles. The van der Waals surface area contributed by atoms with Crippen LogP contribution in [0.25, 0.3) is 0 Å². The maximum atomic E-state index is 14.1. The number of fused-ring (bicyclic) bond motifs is 1. The van der Waals surface area contributed by atoms with Gasteiger partial charge >= 0.3 is 11.9 Å². The number of ether oxygens (including phenoxy) is 2. The second-order valence-corrected chi connectivity index (χ2v) is 22.2. The van der Waals surface area contributed by atoms with E-state index in [0.717, 1.165) is 12.8 Å². The molecule has 1 fully saturated rings. The Morgan fingerprint density at radius 3 is 2.13 bits per heavy atom. The summed E-state index contributed by atoms with van der Waals surface area (Å²) in [6.07, 6.45) is 13.4. The van der Waals surface area contributed by atoms with Gasteiger partial charge in [-0.1, -0.05) is 78.8 Å². The van der Waals surface area contributed by atoms with Crippen LogP contribution in [0.2, 0.25) is 26.2 Å². The number of hydrogen-bond donors (Lipinski definition) is 0. The quantitative estimate of drug-likeness (QED) is 0.110. The van der Waals surface area contributed by atoms with Crippen LogP contribution >= 0.6 is 0 Å². The predicted molar refractivity (Wildman–Crippen MR) is 198 cm³/mol. The van der Waals surface area contributed by atoms with Gasteiger partial charge < -0.3 is 18.3 Å². The van der Waals surface area contributed by atoms with E-state index in [-0.39, 0.29) is 58.6 Å². The van der Waals surface area contributed by atoms with Crippen molar-refractivity contribution in [2.75, 3.05) is 0 Å². The minimum absolute atomic E-state index is 0.00287. The lowest BCUT2D eigenvalue weighted by atomic mass is 9.59. The molecule has 8 heteroatoms. The Morgan fingerprint density at radius 1 is 1.00 bits per heavy atom. The minimum atomic E-state index is -1.59. The highest BCUT2D eigenvalue weighted by Crippen LogP contribution is 2.53. The zero-order valence-corrected chi connectivity index (χ0v) is 34.0. The second kappa shape index (κ2) is 15.4. The van der Waals surface area contributed by atoms with Gasteiger partial charge in [-0.2, -0.15) is 0 Å². The molecule has 0 saturated carbocycles. The van der Waals surface area contributed by atoms with E-state index in [0.29, 0.717) is 25.7 Å². The SMILES string of the molecule is C=CCC(C)(CC=C)C(=O)O[C@H]1C[C@H](C(C)(C)C)C=C2C=C[C@H](C)[C@](CC[C@@H]3C[C@H](C(C)(C)C)C(O[SiH](C)C)C(=O)O3)(O[SiH](C)C)[C@H]21. The summed E-state index contributed by atoms with van der Waals surface area (Å²) in [5, 5.41) is 0. The summed E-state index contributed by atoms with van der Waals surface area (Å²) in [5.74, 6) is -0.172.